The zero-order chi connectivity index (χ0) is 22.5. The first-order chi connectivity index (χ1) is 14.8. The van der Waals surface area contributed by atoms with Crippen LogP contribution in [0.15, 0.2) is 48.5 Å². The molecule has 2 unspecified atom stereocenters. The van der Waals surface area contributed by atoms with Crippen LogP contribution in [0.3, 0.4) is 0 Å². The predicted octanol–water partition coefficient (Wildman–Crippen LogP) is 2.96. The monoisotopic (exact) mass is 425 g/mol. The average molecular weight is 426 g/mol. The van der Waals surface area contributed by atoms with Gasteiger partial charge >= 0.3 is 0 Å². The molecule has 1 N–H and O–H groups in total. The number of nitrogens with one attached hydrogen (secondary N) is 1. The van der Waals surface area contributed by atoms with Gasteiger partial charge in [0.25, 0.3) is 5.91 Å². The Morgan fingerprint density at radius 2 is 1.84 bits per heavy atom. The first-order valence-electron chi connectivity index (χ1n) is 10.5. The highest BCUT2D eigenvalue weighted by Gasteiger charge is 2.42. The van der Waals surface area contributed by atoms with E-state index in [1.54, 1.807) is 6.07 Å². The largest absolute Gasteiger partial charge is 0.352 e. The second-order valence-corrected chi connectivity index (χ2v) is 8.00. The Labute approximate surface area is 182 Å². The van der Waals surface area contributed by atoms with Crippen LogP contribution >= 0.6 is 0 Å². The third kappa shape index (κ3) is 5.29. The predicted molar refractivity (Wildman–Crippen MR) is 115 cm³/mol. The van der Waals surface area contributed by atoms with Crippen molar-refractivity contribution < 1.29 is 18.8 Å². The van der Waals surface area contributed by atoms with E-state index in [0.29, 0.717) is 0 Å². The maximum Gasteiger partial charge on any atom is 0.251 e. The number of amides is 3. The lowest BCUT2D eigenvalue weighted by molar-refractivity contribution is -0.158. The van der Waals surface area contributed by atoms with E-state index in [4.69, 9.17) is 0 Å². The molecule has 1 fully saturated rings. The fourth-order valence-electron chi connectivity index (χ4n) is 3.58. The summed E-state index contributed by atoms with van der Waals surface area (Å²) in [6.45, 7) is 5.49. The smallest absolute Gasteiger partial charge is 0.251 e. The number of halogens is 1. The zero-order valence-electron chi connectivity index (χ0n) is 18.1. The van der Waals surface area contributed by atoms with E-state index in [2.05, 4.69) is 5.32 Å². The summed E-state index contributed by atoms with van der Waals surface area (Å²) in [5.41, 5.74) is 2.05. The van der Waals surface area contributed by atoms with E-state index >= 15 is 0 Å². The summed E-state index contributed by atoms with van der Waals surface area (Å²) in [5, 5.41) is 2.80. The molecule has 1 aliphatic heterocycles. The Morgan fingerprint density at radius 3 is 2.48 bits per heavy atom. The molecule has 1 aliphatic rings. The third-order valence-corrected chi connectivity index (χ3v) is 5.53. The highest BCUT2D eigenvalue weighted by atomic mass is 19.1. The van der Waals surface area contributed by atoms with Crippen molar-refractivity contribution in [1.29, 1.82) is 0 Å². The topological polar surface area (TPSA) is 69.7 Å². The summed E-state index contributed by atoms with van der Waals surface area (Å²) in [6, 6.07) is 12.4. The van der Waals surface area contributed by atoms with Crippen molar-refractivity contribution in [1.82, 2.24) is 15.1 Å². The number of hydrogen-bond donors (Lipinski definition) is 1. The maximum atomic E-state index is 14.7. The van der Waals surface area contributed by atoms with Crippen molar-refractivity contribution in [3.8, 4) is 0 Å². The minimum absolute atomic E-state index is 0.0384. The second-order valence-electron chi connectivity index (χ2n) is 8.00. The molecular formula is C24H28FN3O3. The summed E-state index contributed by atoms with van der Waals surface area (Å²) in [4.78, 5) is 41.4. The fraction of sp³-hybridized carbons (Fsp3) is 0.375. The maximum absolute atomic E-state index is 14.7. The van der Waals surface area contributed by atoms with Gasteiger partial charge in [0.15, 0.2) is 0 Å². The van der Waals surface area contributed by atoms with Gasteiger partial charge in [-0.2, -0.15) is 0 Å². The normalized spacial score (nSPS) is 17.6. The zero-order valence-corrected chi connectivity index (χ0v) is 18.1. The molecule has 1 heterocycles. The number of aryl methyl sites for hydroxylation is 1. The van der Waals surface area contributed by atoms with E-state index < -0.39 is 17.8 Å². The lowest BCUT2D eigenvalue weighted by Crippen LogP contribution is -2.57. The van der Waals surface area contributed by atoms with Crippen molar-refractivity contribution in [3.63, 3.8) is 0 Å². The Balaban J connectivity index is 1.90. The number of nitrogens with zero attached hydrogens (tertiary/aromatic N) is 2. The van der Waals surface area contributed by atoms with Crippen molar-refractivity contribution in [2.45, 2.75) is 45.8 Å². The molecule has 6 nitrogen and oxygen atoms in total. The summed E-state index contributed by atoms with van der Waals surface area (Å²) in [7, 11) is 0. The van der Waals surface area contributed by atoms with Crippen molar-refractivity contribution >= 4 is 17.7 Å². The quantitative estimate of drug-likeness (QED) is 0.742. The van der Waals surface area contributed by atoms with Crippen LogP contribution in [0.2, 0.25) is 0 Å². The fourth-order valence-corrected chi connectivity index (χ4v) is 3.58. The molecule has 0 saturated carbocycles. The lowest BCUT2D eigenvalue weighted by Gasteiger charge is -2.40. The molecule has 0 radical (unpaired) electrons. The molecule has 7 heteroatoms. The van der Waals surface area contributed by atoms with Crippen LogP contribution in [0.5, 0.6) is 0 Å². The third-order valence-electron chi connectivity index (χ3n) is 5.53. The van der Waals surface area contributed by atoms with Crippen LogP contribution < -0.4 is 5.32 Å². The Kier molecular flexibility index (Phi) is 7.05. The van der Waals surface area contributed by atoms with Gasteiger partial charge in [0.2, 0.25) is 11.8 Å². The van der Waals surface area contributed by atoms with Gasteiger partial charge < -0.3 is 15.1 Å². The van der Waals surface area contributed by atoms with Gasteiger partial charge in [0.1, 0.15) is 24.9 Å². The van der Waals surface area contributed by atoms with Gasteiger partial charge in [0, 0.05) is 18.2 Å². The number of piperazine rings is 1. The first kappa shape index (κ1) is 22.5. The Morgan fingerprint density at radius 1 is 1.16 bits per heavy atom. The molecule has 3 amide bonds. The standard InChI is InChI=1S/C24H28FN3O3/c1-4-17(3)26-21(29)14-27-15-22(30)28(13-18-11-9-16(2)10-12-18)23(24(27)31)19-7-5-6-8-20(19)25/h5-12,17,23H,4,13-15H2,1-3H3,(H,26,29). The summed E-state index contributed by atoms with van der Waals surface area (Å²) >= 11 is 0. The molecule has 2 atom stereocenters. The van der Waals surface area contributed by atoms with E-state index in [1.165, 1.54) is 28.0 Å². The van der Waals surface area contributed by atoms with E-state index in [1.807, 2.05) is 45.0 Å². The molecule has 1 saturated heterocycles. The van der Waals surface area contributed by atoms with Gasteiger partial charge in [0.05, 0.1) is 0 Å². The minimum atomic E-state index is -1.12. The van der Waals surface area contributed by atoms with Gasteiger partial charge in [-0.05, 0) is 31.9 Å². The molecule has 0 spiro atoms. The molecule has 164 valence electrons. The summed E-state index contributed by atoms with van der Waals surface area (Å²) < 4.78 is 14.7. The van der Waals surface area contributed by atoms with Crippen molar-refractivity contribution in [3.05, 3.63) is 71.0 Å². The molecule has 0 aromatic heterocycles. The van der Waals surface area contributed by atoms with Crippen molar-refractivity contribution in [2.24, 2.45) is 0 Å². The Hall–Kier alpha value is -3.22. The van der Waals surface area contributed by atoms with E-state index in [9.17, 15) is 18.8 Å². The number of carbonyl (C=O) groups excluding carboxylic acids is 3. The highest BCUT2D eigenvalue weighted by Crippen LogP contribution is 2.30. The van der Waals surface area contributed by atoms with Crippen LogP contribution in [0.4, 0.5) is 4.39 Å². The molecule has 31 heavy (non-hydrogen) atoms. The molecule has 0 aliphatic carbocycles. The molecule has 3 rings (SSSR count). The van der Waals surface area contributed by atoms with Gasteiger partial charge in [-0.25, -0.2) is 4.39 Å². The van der Waals surface area contributed by atoms with Crippen LogP contribution in [-0.2, 0) is 20.9 Å². The van der Waals surface area contributed by atoms with Crippen LogP contribution in [-0.4, -0.2) is 46.7 Å². The van der Waals surface area contributed by atoms with Crippen molar-refractivity contribution in [2.75, 3.05) is 13.1 Å². The van der Waals surface area contributed by atoms with Gasteiger partial charge in [-0.15, -0.1) is 0 Å². The Bertz CT molecular complexity index is 961. The number of rotatable bonds is 7. The van der Waals surface area contributed by atoms with E-state index in [0.717, 1.165) is 17.5 Å². The number of hydrogen-bond acceptors (Lipinski definition) is 3. The van der Waals surface area contributed by atoms with Crippen LogP contribution in [0.1, 0.15) is 43.0 Å². The molecule has 0 bridgehead atoms. The van der Waals surface area contributed by atoms with Gasteiger partial charge in [-0.3, -0.25) is 14.4 Å². The second kappa shape index (κ2) is 9.73. The van der Waals surface area contributed by atoms with E-state index in [-0.39, 0.29) is 43.1 Å². The summed E-state index contributed by atoms with van der Waals surface area (Å²) in [5.74, 6) is -1.69. The number of benzene rings is 2. The molecular weight excluding hydrogens is 397 g/mol. The average Bonchev–Trinajstić information content (AvgIpc) is 2.74. The first-order valence-corrected chi connectivity index (χ1v) is 10.5. The molecule has 2 aromatic rings. The minimum Gasteiger partial charge on any atom is -0.352 e. The van der Waals surface area contributed by atoms with Crippen LogP contribution in [0, 0.1) is 12.7 Å². The number of carbonyl (C=O) groups is 3. The van der Waals surface area contributed by atoms with Gasteiger partial charge in [-0.1, -0.05) is 55.0 Å². The summed E-state index contributed by atoms with van der Waals surface area (Å²) in [6.07, 6.45) is 0.751. The highest BCUT2D eigenvalue weighted by molar-refractivity contribution is 5.97. The SMILES string of the molecule is CCC(C)NC(=O)CN1CC(=O)N(Cc2ccc(C)cc2)C(c2ccccc2F)C1=O. The lowest BCUT2D eigenvalue weighted by atomic mass is 9.99. The van der Waals surface area contributed by atoms with Crippen LogP contribution in [0.25, 0.3) is 0 Å². The molecule has 2 aromatic carbocycles.